The second-order valence-corrected chi connectivity index (χ2v) is 1.52. The molecule has 10 heavy (non-hydrogen) atoms. The van der Waals surface area contributed by atoms with E-state index in [0.717, 1.165) is 5.95 Å². The Hall–Kier alpha value is -0.0600. The number of nitrogens with zero attached hydrogens (tertiary/aromatic N) is 3. The summed E-state index contributed by atoms with van der Waals surface area (Å²) in [4.78, 5) is 0. The van der Waals surface area contributed by atoms with Crippen LogP contribution in [-0.4, -0.2) is 21.8 Å². The van der Waals surface area contributed by atoms with Crippen LogP contribution in [0.5, 0.6) is 0 Å². The van der Waals surface area contributed by atoms with Crippen molar-refractivity contribution in [2.75, 3.05) is 12.4 Å². The summed E-state index contributed by atoms with van der Waals surface area (Å²) in [6.07, 6.45) is 1.64. The number of aryl methyl sites for hydroxylation is 1. The fourth-order valence-electron chi connectivity index (χ4n) is 0.510. The Balaban J connectivity index is 0. The van der Waals surface area contributed by atoms with E-state index in [9.17, 15) is 0 Å². The summed E-state index contributed by atoms with van der Waals surface area (Å²) in [5, 5.41) is 10.2. The molecule has 0 bridgehead atoms. The monoisotopic (exact) mass is 229 g/mol. The first kappa shape index (κ1) is 12.6. The molecular formula is C4H8CoN4Ni+4. The standard InChI is InChI=1S/C4H8N4.Co.Ni/c1-5-4-7-6-3-8(4)2;;/h3H,1-2H3,(H,5,7);;/q;2*+2. The Kier molecular flexibility index (Phi) is 7.19. The molecule has 1 N–H and O–H groups in total. The Morgan fingerprint density at radius 2 is 2.20 bits per heavy atom. The molecule has 1 radical (unpaired) electrons. The first-order valence-corrected chi connectivity index (χ1v) is 2.36. The minimum absolute atomic E-state index is 0. The minimum atomic E-state index is 0. The van der Waals surface area contributed by atoms with Crippen LogP contribution < -0.4 is 5.32 Å². The topological polar surface area (TPSA) is 42.7 Å². The molecule has 1 aromatic rings. The van der Waals surface area contributed by atoms with Gasteiger partial charge in [0.2, 0.25) is 5.95 Å². The van der Waals surface area contributed by atoms with Gasteiger partial charge in [0.25, 0.3) is 0 Å². The van der Waals surface area contributed by atoms with Crippen LogP contribution in [0.15, 0.2) is 6.33 Å². The van der Waals surface area contributed by atoms with Crippen molar-refractivity contribution >= 4 is 5.95 Å². The van der Waals surface area contributed by atoms with Gasteiger partial charge >= 0.3 is 33.3 Å². The Bertz CT molecular complexity index is 178. The smallest absolute Gasteiger partial charge is 0.357 e. The van der Waals surface area contributed by atoms with E-state index in [4.69, 9.17) is 0 Å². The molecule has 0 unspecified atom stereocenters. The SMILES string of the molecule is CNc1nncn1C.[Co+2].[Ni+2]. The fourth-order valence-corrected chi connectivity index (χ4v) is 0.510. The predicted octanol–water partition coefficient (Wildman–Crippen LogP) is -0.148. The molecule has 0 fully saturated rings. The van der Waals surface area contributed by atoms with E-state index < -0.39 is 0 Å². The molecule has 1 aromatic heterocycles. The van der Waals surface area contributed by atoms with Crippen molar-refractivity contribution < 1.29 is 33.3 Å². The van der Waals surface area contributed by atoms with Gasteiger partial charge in [0.15, 0.2) is 0 Å². The summed E-state index contributed by atoms with van der Waals surface area (Å²) in [7, 11) is 3.69. The maximum absolute atomic E-state index is 3.74. The van der Waals surface area contributed by atoms with E-state index in [-0.39, 0.29) is 33.3 Å². The molecular weight excluding hydrogens is 222 g/mol. The van der Waals surface area contributed by atoms with E-state index in [2.05, 4.69) is 15.5 Å². The van der Waals surface area contributed by atoms with Crippen molar-refractivity contribution in [3.63, 3.8) is 0 Å². The Labute approximate surface area is 79.9 Å². The van der Waals surface area contributed by atoms with Gasteiger partial charge in [-0.15, -0.1) is 10.2 Å². The van der Waals surface area contributed by atoms with Crippen molar-refractivity contribution in [2.24, 2.45) is 7.05 Å². The van der Waals surface area contributed by atoms with Gasteiger partial charge in [-0.1, -0.05) is 0 Å². The number of aromatic nitrogens is 3. The molecule has 0 saturated carbocycles. The van der Waals surface area contributed by atoms with Gasteiger partial charge in [0.05, 0.1) is 0 Å². The molecule has 0 atom stereocenters. The number of rotatable bonds is 1. The van der Waals surface area contributed by atoms with Gasteiger partial charge < -0.3 is 9.88 Å². The zero-order valence-corrected chi connectivity index (χ0v) is 7.60. The summed E-state index contributed by atoms with van der Waals surface area (Å²) in [6.45, 7) is 0. The average Bonchev–Trinajstić information content (AvgIpc) is 2.14. The minimum Gasteiger partial charge on any atom is -0.357 e. The summed E-state index contributed by atoms with van der Waals surface area (Å²) in [5.74, 6) is 0.782. The van der Waals surface area contributed by atoms with Crippen molar-refractivity contribution in [1.82, 2.24) is 14.8 Å². The van der Waals surface area contributed by atoms with Crippen molar-refractivity contribution in [2.45, 2.75) is 0 Å². The molecule has 6 heteroatoms. The van der Waals surface area contributed by atoms with Crippen LogP contribution in [0.25, 0.3) is 0 Å². The van der Waals surface area contributed by atoms with E-state index in [1.807, 2.05) is 14.1 Å². The summed E-state index contributed by atoms with van der Waals surface area (Å²) < 4.78 is 1.81. The molecule has 0 aliphatic heterocycles. The third-order valence-corrected chi connectivity index (χ3v) is 0.935. The van der Waals surface area contributed by atoms with Crippen LogP contribution in [0.2, 0.25) is 0 Å². The largest absolute Gasteiger partial charge is 2.00 e. The first-order chi connectivity index (χ1) is 3.84. The normalized spacial score (nSPS) is 7.40. The van der Waals surface area contributed by atoms with Crippen LogP contribution in [0.1, 0.15) is 0 Å². The summed E-state index contributed by atoms with van der Waals surface area (Å²) >= 11 is 0. The Morgan fingerprint density at radius 1 is 1.60 bits per heavy atom. The molecule has 0 aliphatic carbocycles. The van der Waals surface area contributed by atoms with Gasteiger partial charge in [-0.3, -0.25) is 0 Å². The molecule has 0 spiro atoms. The summed E-state index contributed by atoms with van der Waals surface area (Å²) in [5.41, 5.74) is 0. The molecule has 0 saturated heterocycles. The van der Waals surface area contributed by atoms with Gasteiger partial charge in [-0.2, -0.15) is 0 Å². The molecule has 59 valence electrons. The quantitative estimate of drug-likeness (QED) is 0.682. The maximum Gasteiger partial charge on any atom is 2.00 e. The second kappa shape index (κ2) is 5.70. The van der Waals surface area contributed by atoms with Gasteiger partial charge in [0.1, 0.15) is 6.33 Å². The maximum atomic E-state index is 3.74. The van der Waals surface area contributed by atoms with E-state index in [1.54, 1.807) is 10.9 Å². The third kappa shape index (κ3) is 2.68. The molecule has 4 nitrogen and oxygen atoms in total. The van der Waals surface area contributed by atoms with Crippen LogP contribution in [0, 0.1) is 0 Å². The number of anilines is 1. The molecule has 0 amide bonds. The van der Waals surface area contributed by atoms with Crippen LogP contribution in [-0.2, 0) is 40.3 Å². The fraction of sp³-hybridized carbons (Fsp3) is 0.500. The summed E-state index contributed by atoms with van der Waals surface area (Å²) in [6, 6.07) is 0. The number of hydrogen-bond donors (Lipinski definition) is 1. The first-order valence-electron chi connectivity index (χ1n) is 2.36. The van der Waals surface area contributed by atoms with Crippen molar-refractivity contribution in [3.8, 4) is 0 Å². The van der Waals surface area contributed by atoms with E-state index in [0.29, 0.717) is 0 Å². The van der Waals surface area contributed by atoms with Crippen molar-refractivity contribution in [3.05, 3.63) is 6.33 Å². The van der Waals surface area contributed by atoms with Crippen LogP contribution >= 0.6 is 0 Å². The van der Waals surface area contributed by atoms with Crippen LogP contribution in [0.4, 0.5) is 5.95 Å². The van der Waals surface area contributed by atoms with Gasteiger partial charge in [-0.25, -0.2) is 0 Å². The average molecular weight is 230 g/mol. The zero-order valence-electron chi connectivity index (χ0n) is 5.57. The molecule has 0 aliphatic rings. The second-order valence-electron chi connectivity index (χ2n) is 1.52. The van der Waals surface area contributed by atoms with Gasteiger partial charge in [-0.05, 0) is 0 Å². The Morgan fingerprint density at radius 3 is 2.40 bits per heavy atom. The zero-order chi connectivity index (χ0) is 5.98. The number of nitrogens with one attached hydrogen (secondary N) is 1. The molecule has 0 aromatic carbocycles. The predicted molar refractivity (Wildman–Crippen MR) is 30.5 cm³/mol. The van der Waals surface area contributed by atoms with Crippen molar-refractivity contribution in [1.29, 1.82) is 0 Å². The molecule has 1 heterocycles. The van der Waals surface area contributed by atoms with Crippen LogP contribution in [0.3, 0.4) is 0 Å². The van der Waals surface area contributed by atoms with E-state index in [1.165, 1.54) is 0 Å². The van der Waals surface area contributed by atoms with Gasteiger partial charge in [0, 0.05) is 14.1 Å². The van der Waals surface area contributed by atoms with E-state index >= 15 is 0 Å². The molecule has 1 rings (SSSR count). The third-order valence-electron chi connectivity index (χ3n) is 0.935. The number of hydrogen-bond acceptors (Lipinski definition) is 3.